The van der Waals surface area contributed by atoms with Crippen molar-refractivity contribution in [2.75, 3.05) is 13.1 Å². The molecule has 0 amide bonds. The second-order valence-corrected chi connectivity index (χ2v) is 4.58. The average Bonchev–Trinajstić information content (AvgIpc) is 2.89. The first-order valence-corrected chi connectivity index (χ1v) is 6.28. The lowest BCUT2D eigenvalue weighted by Gasteiger charge is -2.23. The largest absolute Gasteiger partial charge is 0.333 e. The molecular weight excluding hydrogens is 200 g/mol. The molecule has 2 heterocycles. The van der Waals surface area contributed by atoms with Crippen molar-refractivity contribution in [3.05, 3.63) is 18.2 Å². The van der Waals surface area contributed by atoms with Gasteiger partial charge in [-0.3, -0.25) is 4.90 Å². The first-order chi connectivity index (χ1) is 7.85. The molecule has 1 aromatic rings. The fourth-order valence-electron chi connectivity index (χ4n) is 2.50. The highest BCUT2D eigenvalue weighted by atomic mass is 15.2. The molecule has 1 aliphatic heterocycles. The average molecular weight is 222 g/mol. The number of hydrogen-bond donors (Lipinski definition) is 1. The summed E-state index contributed by atoms with van der Waals surface area (Å²) in [5.41, 5.74) is 7.11. The maximum atomic E-state index is 5.79. The van der Waals surface area contributed by atoms with Crippen LogP contribution in [0.1, 0.15) is 31.9 Å². The van der Waals surface area contributed by atoms with Gasteiger partial charge in [-0.05, 0) is 25.8 Å². The van der Waals surface area contributed by atoms with Gasteiger partial charge in [0.2, 0.25) is 0 Å². The molecule has 0 radical (unpaired) electrons. The Kier molecular flexibility index (Phi) is 3.96. The van der Waals surface area contributed by atoms with Gasteiger partial charge in [-0.1, -0.05) is 6.92 Å². The number of likely N-dealkylation sites (tertiary alicyclic amines) is 1. The molecule has 2 rings (SSSR count). The summed E-state index contributed by atoms with van der Waals surface area (Å²) >= 11 is 0. The van der Waals surface area contributed by atoms with Crippen molar-refractivity contribution in [3.63, 3.8) is 0 Å². The van der Waals surface area contributed by atoms with Crippen LogP contribution in [0.25, 0.3) is 0 Å². The van der Waals surface area contributed by atoms with Crippen molar-refractivity contribution >= 4 is 0 Å². The zero-order valence-electron chi connectivity index (χ0n) is 10.1. The van der Waals surface area contributed by atoms with Gasteiger partial charge in [0, 0.05) is 31.9 Å². The lowest BCUT2D eigenvalue weighted by atomic mass is 10.2. The second kappa shape index (κ2) is 5.46. The van der Waals surface area contributed by atoms with E-state index in [1.807, 2.05) is 12.5 Å². The summed E-state index contributed by atoms with van der Waals surface area (Å²) in [6.07, 6.45) is 7.61. The molecule has 0 saturated carbocycles. The van der Waals surface area contributed by atoms with E-state index in [1.165, 1.54) is 25.1 Å². The van der Waals surface area contributed by atoms with Crippen molar-refractivity contribution in [1.29, 1.82) is 0 Å². The monoisotopic (exact) mass is 222 g/mol. The van der Waals surface area contributed by atoms with E-state index in [1.54, 1.807) is 0 Å². The molecule has 90 valence electrons. The Bertz CT molecular complexity index is 321. The molecule has 4 nitrogen and oxygen atoms in total. The van der Waals surface area contributed by atoms with E-state index in [9.17, 15) is 0 Å². The molecule has 0 aromatic carbocycles. The van der Waals surface area contributed by atoms with E-state index < -0.39 is 0 Å². The lowest BCUT2D eigenvalue weighted by molar-refractivity contribution is 0.244. The number of rotatable bonds is 5. The number of imidazole rings is 1. The summed E-state index contributed by atoms with van der Waals surface area (Å²) in [6, 6.07) is 0.574. The summed E-state index contributed by atoms with van der Waals surface area (Å²) in [4.78, 5) is 6.73. The van der Waals surface area contributed by atoms with E-state index in [2.05, 4.69) is 21.4 Å². The highest BCUT2D eigenvalue weighted by Gasteiger charge is 2.23. The quantitative estimate of drug-likeness (QED) is 0.814. The maximum absolute atomic E-state index is 5.79. The molecule has 4 heteroatoms. The highest BCUT2D eigenvalue weighted by Crippen LogP contribution is 2.19. The first-order valence-electron chi connectivity index (χ1n) is 6.28. The van der Waals surface area contributed by atoms with Crippen molar-refractivity contribution in [2.45, 2.75) is 45.3 Å². The van der Waals surface area contributed by atoms with Gasteiger partial charge in [-0.25, -0.2) is 4.98 Å². The number of aryl methyl sites for hydroxylation is 1. The molecule has 1 atom stereocenters. The number of aromatic nitrogens is 2. The Morgan fingerprint density at radius 3 is 3.19 bits per heavy atom. The standard InChI is InChI=1S/C12H22N4/c1-2-5-16-10-14-8-12(16)9-15-6-3-4-11(15)7-13/h8,10-11H,2-7,9,13H2,1H3. The van der Waals surface area contributed by atoms with Gasteiger partial charge in [0.25, 0.3) is 0 Å². The summed E-state index contributed by atoms with van der Waals surface area (Å²) in [6.45, 7) is 6.22. The highest BCUT2D eigenvalue weighted by molar-refractivity contribution is 5.00. The first kappa shape index (κ1) is 11.6. The van der Waals surface area contributed by atoms with Crippen LogP contribution >= 0.6 is 0 Å². The van der Waals surface area contributed by atoms with Crippen LogP contribution in [0.5, 0.6) is 0 Å². The fraction of sp³-hybridized carbons (Fsp3) is 0.750. The van der Waals surface area contributed by atoms with Crippen LogP contribution in [0.15, 0.2) is 12.5 Å². The van der Waals surface area contributed by atoms with Crippen LogP contribution in [0, 0.1) is 0 Å². The Morgan fingerprint density at radius 2 is 2.44 bits per heavy atom. The minimum Gasteiger partial charge on any atom is -0.333 e. The summed E-state index contributed by atoms with van der Waals surface area (Å²) in [5.74, 6) is 0. The molecule has 1 fully saturated rings. The van der Waals surface area contributed by atoms with Crippen molar-refractivity contribution < 1.29 is 0 Å². The molecule has 0 aliphatic carbocycles. The second-order valence-electron chi connectivity index (χ2n) is 4.58. The number of nitrogens with zero attached hydrogens (tertiary/aromatic N) is 3. The molecule has 1 unspecified atom stereocenters. The van der Waals surface area contributed by atoms with Gasteiger partial charge in [0.15, 0.2) is 0 Å². The topological polar surface area (TPSA) is 47.1 Å². The normalized spacial score (nSPS) is 21.8. The summed E-state index contributed by atoms with van der Waals surface area (Å²) in [7, 11) is 0. The number of hydrogen-bond acceptors (Lipinski definition) is 3. The van der Waals surface area contributed by atoms with E-state index >= 15 is 0 Å². The third kappa shape index (κ3) is 2.44. The Balaban J connectivity index is 1.99. The minimum atomic E-state index is 0.574. The Hall–Kier alpha value is -0.870. The van der Waals surface area contributed by atoms with Crippen LogP contribution in [-0.4, -0.2) is 33.6 Å². The maximum Gasteiger partial charge on any atom is 0.0948 e. The molecular formula is C12H22N4. The molecule has 0 spiro atoms. The predicted molar refractivity (Wildman–Crippen MR) is 65.0 cm³/mol. The summed E-state index contributed by atoms with van der Waals surface area (Å²) < 4.78 is 2.26. The molecule has 1 saturated heterocycles. The Labute approximate surface area is 97.4 Å². The lowest BCUT2D eigenvalue weighted by Crippen LogP contribution is -2.35. The molecule has 1 aliphatic rings. The van der Waals surface area contributed by atoms with Crippen LogP contribution in [0.4, 0.5) is 0 Å². The smallest absolute Gasteiger partial charge is 0.0948 e. The van der Waals surface area contributed by atoms with Crippen LogP contribution in [0.3, 0.4) is 0 Å². The van der Waals surface area contributed by atoms with Crippen LogP contribution < -0.4 is 5.73 Å². The molecule has 16 heavy (non-hydrogen) atoms. The zero-order chi connectivity index (χ0) is 11.4. The Morgan fingerprint density at radius 1 is 1.56 bits per heavy atom. The van der Waals surface area contributed by atoms with Crippen LogP contribution in [-0.2, 0) is 13.1 Å². The van der Waals surface area contributed by atoms with Gasteiger partial charge in [0.1, 0.15) is 0 Å². The van der Waals surface area contributed by atoms with Crippen LogP contribution in [0.2, 0.25) is 0 Å². The van der Waals surface area contributed by atoms with E-state index in [-0.39, 0.29) is 0 Å². The van der Waals surface area contributed by atoms with Gasteiger partial charge in [-0.15, -0.1) is 0 Å². The third-order valence-electron chi connectivity index (χ3n) is 3.40. The van der Waals surface area contributed by atoms with Crippen molar-refractivity contribution in [2.24, 2.45) is 5.73 Å². The van der Waals surface area contributed by atoms with Crippen molar-refractivity contribution in [3.8, 4) is 0 Å². The van der Waals surface area contributed by atoms with E-state index in [0.717, 1.165) is 26.1 Å². The fourth-order valence-corrected chi connectivity index (χ4v) is 2.50. The zero-order valence-corrected chi connectivity index (χ0v) is 10.1. The SMILES string of the molecule is CCCn1cncc1CN1CCCC1CN. The minimum absolute atomic E-state index is 0.574. The summed E-state index contributed by atoms with van der Waals surface area (Å²) in [5, 5.41) is 0. The number of nitrogens with two attached hydrogens (primary N) is 1. The van der Waals surface area contributed by atoms with Gasteiger partial charge in [-0.2, -0.15) is 0 Å². The van der Waals surface area contributed by atoms with E-state index in [0.29, 0.717) is 6.04 Å². The predicted octanol–water partition coefficient (Wildman–Crippen LogP) is 1.22. The van der Waals surface area contributed by atoms with Gasteiger partial charge < -0.3 is 10.3 Å². The molecule has 2 N–H and O–H groups in total. The molecule has 0 bridgehead atoms. The van der Waals surface area contributed by atoms with E-state index in [4.69, 9.17) is 5.73 Å². The van der Waals surface area contributed by atoms with Gasteiger partial charge >= 0.3 is 0 Å². The van der Waals surface area contributed by atoms with Crippen molar-refractivity contribution in [1.82, 2.24) is 14.5 Å². The third-order valence-corrected chi connectivity index (χ3v) is 3.40. The molecule has 1 aromatic heterocycles. The van der Waals surface area contributed by atoms with Gasteiger partial charge in [0.05, 0.1) is 12.0 Å².